The summed E-state index contributed by atoms with van der Waals surface area (Å²) in [5.74, 6) is 5.54. The van der Waals surface area contributed by atoms with Crippen LogP contribution in [0.1, 0.15) is 11.1 Å². The molecule has 0 spiro atoms. The molecule has 2 aromatic carbocycles. The summed E-state index contributed by atoms with van der Waals surface area (Å²) >= 11 is 2.00. The van der Waals surface area contributed by atoms with Crippen LogP contribution < -0.4 is 15.4 Å². The number of thioether (sulfide) groups is 1. The number of ether oxygens (including phenoxy) is 1. The zero-order valence-electron chi connectivity index (χ0n) is 16.5. The molecular weight excluding hydrogens is 382 g/mol. The Morgan fingerprint density at radius 1 is 1.14 bits per heavy atom. The van der Waals surface area contributed by atoms with Crippen molar-refractivity contribution in [3.63, 3.8) is 0 Å². The van der Waals surface area contributed by atoms with E-state index in [0.29, 0.717) is 6.54 Å². The largest absolute Gasteiger partial charge is 0.481 e. The van der Waals surface area contributed by atoms with Crippen LogP contribution in [0.5, 0.6) is 5.75 Å². The molecule has 1 aliphatic rings. The van der Waals surface area contributed by atoms with Crippen molar-refractivity contribution < 1.29 is 9.53 Å². The fourth-order valence-corrected chi connectivity index (χ4v) is 4.12. The van der Waals surface area contributed by atoms with Crippen molar-refractivity contribution in [3.05, 3.63) is 59.7 Å². The number of terminal acetylenes is 1. The first-order valence-corrected chi connectivity index (χ1v) is 11.0. The third-order valence-electron chi connectivity index (χ3n) is 4.71. The molecule has 0 aromatic heterocycles. The molecule has 0 radical (unpaired) electrons. The molecule has 0 aliphatic carbocycles. The molecule has 1 saturated heterocycles. The molecule has 152 valence electrons. The van der Waals surface area contributed by atoms with Crippen molar-refractivity contribution in [3.8, 4) is 18.1 Å². The highest BCUT2D eigenvalue weighted by molar-refractivity contribution is 7.99. The van der Waals surface area contributed by atoms with Gasteiger partial charge in [0.05, 0.1) is 0 Å². The normalized spacial score (nSPS) is 14.0. The molecule has 6 heteroatoms. The van der Waals surface area contributed by atoms with E-state index >= 15 is 0 Å². The molecule has 0 unspecified atom stereocenters. The Morgan fingerprint density at radius 2 is 1.90 bits per heavy atom. The maximum Gasteiger partial charge on any atom is 0.319 e. The SMILES string of the molecule is C#CCOc1ccc(CCNC(=O)Nc2ccccc2CN2CCSCC2)cc1. The Morgan fingerprint density at radius 3 is 2.66 bits per heavy atom. The molecule has 2 amide bonds. The summed E-state index contributed by atoms with van der Waals surface area (Å²) < 4.78 is 5.36. The second kappa shape index (κ2) is 11.4. The number of anilines is 1. The molecule has 5 nitrogen and oxygen atoms in total. The van der Waals surface area contributed by atoms with Crippen molar-refractivity contribution >= 4 is 23.5 Å². The van der Waals surface area contributed by atoms with Crippen LogP contribution in [-0.2, 0) is 13.0 Å². The predicted octanol–water partition coefficient (Wildman–Crippen LogP) is 3.61. The summed E-state index contributed by atoms with van der Waals surface area (Å²) in [6.45, 7) is 3.88. The van der Waals surface area contributed by atoms with Gasteiger partial charge in [0.25, 0.3) is 0 Å². The van der Waals surface area contributed by atoms with Gasteiger partial charge in [0.15, 0.2) is 0 Å². The van der Waals surface area contributed by atoms with Crippen molar-refractivity contribution in [1.82, 2.24) is 10.2 Å². The Kier molecular flexibility index (Phi) is 8.29. The number of carbonyl (C=O) groups is 1. The number of nitrogens with zero attached hydrogens (tertiary/aromatic N) is 1. The molecule has 1 aliphatic heterocycles. The minimum absolute atomic E-state index is 0.180. The van der Waals surface area contributed by atoms with E-state index in [4.69, 9.17) is 11.2 Å². The lowest BCUT2D eigenvalue weighted by atomic mass is 10.1. The Hall–Kier alpha value is -2.62. The van der Waals surface area contributed by atoms with Crippen LogP contribution in [0.2, 0.25) is 0 Å². The van der Waals surface area contributed by atoms with E-state index in [1.165, 1.54) is 11.5 Å². The van der Waals surface area contributed by atoms with Crippen LogP contribution in [0.3, 0.4) is 0 Å². The lowest BCUT2D eigenvalue weighted by Crippen LogP contribution is -2.33. The summed E-state index contributed by atoms with van der Waals surface area (Å²) in [7, 11) is 0. The van der Waals surface area contributed by atoms with Gasteiger partial charge < -0.3 is 15.4 Å². The number of carbonyl (C=O) groups excluding carboxylic acids is 1. The van der Waals surface area contributed by atoms with Crippen LogP contribution in [0, 0.1) is 12.3 Å². The molecule has 1 heterocycles. The second-order valence-electron chi connectivity index (χ2n) is 6.81. The average molecular weight is 410 g/mol. The number of hydrogen-bond acceptors (Lipinski definition) is 4. The fourth-order valence-electron chi connectivity index (χ4n) is 3.14. The Bertz CT molecular complexity index is 827. The molecule has 0 atom stereocenters. The molecule has 2 aromatic rings. The highest BCUT2D eigenvalue weighted by atomic mass is 32.2. The lowest BCUT2D eigenvalue weighted by Gasteiger charge is -2.27. The lowest BCUT2D eigenvalue weighted by molar-refractivity contribution is 0.252. The third kappa shape index (κ3) is 7.04. The van der Waals surface area contributed by atoms with Crippen LogP contribution in [0.15, 0.2) is 48.5 Å². The smallest absolute Gasteiger partial charge is 0.319 e. The van der Waals surface area contributed by atoms with Crippen molar-refractivity contribution in [2.75, 3.05) is 43.1 Å². The van der Waals surface area contributed by atoms with E-state index in [0.717, 1.165) is 48.6 Å². The first-order valence-electron chi connectivity index (χ1n) is 9.82. The summed E-state index contributed by atoms with van der Waals surface area (Å²) in [6.07, 6.45) is 5.93. The van der Waals surface area contributed by atoms with Gasteiger partial charge in [0, 0.05) is 43.4 Å². The minimum atomic E-state index is -0.180. The van der Waals surface area contributed by atoms with Crippen molar-refractivity contribution in [1.29, 1.82) is 0 Å². The summed E-state index contributed by atoms with van der Waals surface area (Å²) in [6, 6.07) is 15.6. The topological polar surface area (TPSA) is 53.6 Å². The molecule has 0 saturated carbocycles. The Labute approximate surface area is 177 Å². The number of rotatable bonds is 8. The average Bonchev–Trinajstić information content (AvgIpc) is 2.75. The summed E-state index contributed by atoms with van der Waals surface area (Å²) in [5.41, 5.74) is 3.15. The maximum absolute atomic E-state index is 12.3. The third-order valence-corrected chi connectivity index (χ3v) is 5.65. The van der Waals surface area contributed by atoms with E-state index in [9.17, 15) is 4.79 Å². The number of urea groups is 1. The van der Waals surface area contributed by atoms with Crippen molar-refractivity contribution in [2.45, 2.75) is 13.0 Å². The van der Waals surface area contributed by atoms with E-state index < -0.39 is 0 Å². The van der Waals surface area contributed by atoms with Crippen LogP contribution in [-0.4, -0.2) is 48.7 Å². The molecule has 3 rings (SSSR count). The number of para-hydroxylation sites is 1. The van der Waals surface area contributed by atoms with Gasteiger partial charge >= 0.3 is 6.03 Å². The fraction of sp³-hybridized carbons (Fsp3) is 0.348. The summed E-state index contributed by atoms with van der Waals surface area (Å²) in [4.78, 5) is 14.8. The number of amides is 2. The van der Waals surface area contributed by atoms with Crippen LogP contribution in [0.4, 0.5) is 10.5 Å². The molecular formula is C23H27N3O2S. The monoisotopic (exact) mass is 409 g/mol. The maximum atomic E-state index is 12.3. The zero-order valence-corrected chi connectivity index (χ0v) is 17.3. The highest BCUT2D eigenvalue weighted by Crippen LogP contribution is 2.19. The van der Waals surface area contributed by atoms with Gasteiger partial charge in [-0.3, -0.25) is 4.90 Å². The number of nitrogens with one attached hydrogen (secondary N) is 2. The van der Waals surface area contributed by atoms with E-state index in [1.54, 1.807) is 0 Å². The number of benzene rings is 2. The van der Waals surface area contributed by atoms with Gasteiger partial charge in [0.2, 0.25) is 0 Å². The van der Waals surface area contributed by atoms with Gasteiger partial charge in [0.1, 0.15) is 12.4 Å². The second-order valence-corrected chi connectivity index (χ2v) is 8.04. The van der Waals surface area contributed by atoms with Gasteiger partial charge in [-0.1, -0.05) is 36.3 Å². The van der Waals surface area contributed by atoms with Gasteiger partial charge in [-0.05, 0) is 35.7 Å². The number of hydrogen-bond donors (Lipinski definition) is 2. The summed E-state index contributed by atoms with van der Waals surface area (Å²) in [5, 5.41) is 5.93. The van der Waals surface area contributed by atoms with Gasteiger partial charge in [-0.2, -0.15) is 11.8 Å². The van der Waals surface area contributed by atoms with E-state index in [-0.39, 0.29) is 12.6 Å². The molecule has 0 bridgehead atoms. The van der Waals surface area contributed by atoms with E-state index in [1.807, 2.05) is 54.2 Å². The van der Waals surface area contributed by atoms with Crippen LogP contribution in [0.25, 0.3) is 0 Å². The standard InChI is InChI=1S/C23H27N3O2S/c1-2-15-28-21-9-7-19(8-10-21)11-12-24-23(27)25-22-6-4-3-5-20(22)18-26-13-16-29-17-14-26/h1,3-10H,11-18H2,(H2,24,25,27). The molecule has 1 fully saturated rings. The van der Waals surface area contributed by atoms with Crippen molar-refractivity contribution in [2.24, 2.45) is 0 Å². The van der Waals surface area contributed by atoms with E-state index in [2.05, 4.69) is 27.5 Å². The zero-order chi connectivity index (χ0) is 20.3. The Balaban J connectivity index is 1.45. The highest BCUT2D eigenvalue weighted by Gasteiger charge is 2.13. The predicted molar refractivity (Wildman–Crippen MR) is 121 cm³/mol. The molecule has 29 heavy (non-hydrogen) atoms. The minimum Gasteiger partial charge on any atom is -0.481 e. The van der Waals surface area contributed by atoms with Gasteiger partial charge in [-0.25, -0.2) is 4.79 Å². The van der Waals surface area contributed by atoms with Crippen LogP contribution >= 0.6 is 11.8 Å². The van der Waals surface area contributed by atoms with Gasteiger partial charge in [-0.15, -0.1) is 6.42 Å². The first kappa shape index (κ1) is 21.1. The first-order chi connectivity index (χ1) is 14.2. The quantitative estimate of drug-likeness (QED) is 0.654. The molecule has 2 N–H and O–H groups in total.